The Hall–Kier alpha value is -2.65. The maximum absolute atomic E-state index is 12.3. The maximum atomic E-state index is 12.3. The normalized spacial score (nSPS) is 12.6. The first kappa shape index (κ1) is 21.4. The highest BCUT2D eigenvalue weighted by Gasteiger charge is 2.26. The van der Waals surface area contributed by atoms with Gasteiger partial charge in [0.15, 0.2) is 17.3 Å². The Kier molecular flexibility index (Phi) is 8.53. The van der Waals surface area contributed by atoms with E-state index in [0.29, 0.717) is 23.9 Å². The van der Waals surface area contributed by atoms with Crippen LogP contribution in [0.5, 0.6) is 11.5 Å². The van der Waals surface area contributed by atoms with Gasteiger partial charge in [0.25, 0.3) is 0 Å². The number of fused-ring (bicyclic) bond motifs is 1. The van der Waals surface area contributed by atoms with Gasteiger partial charge in [-0.2, -0.15) is 0 Å². The number of methoxy groups -OCH3 is 2. The summed E-state index contributed by atoms with van der Waals surface area (Å²) in [5.74, 6) is -1.10. The molecular formula is C17H23NO8. The molecule has 9 heteroatoms. The third kappa shape index (κ3) is 6.01. The summed E-state index contributed by atoms with van der Waals surface area (Å²) in [5.41, 5.74) is 0.377. The van der Waals surface area contributed by atoms with Crippen molar-refractivity contribution in [2.24, 2.45) is 0 Å². The van der Waals surface area contributed by atoms with Crippen molar-refractivity contribution in [2.45, 2.75) is 19.4 Å². The lowest BCUT2D eigenvalue weighted by Crippen LogP contribution is -2.41. The van der Waals surface area contributed by atoms with Crippen molar-refractivity contribution in [3.63, 3.8) is 0 Å². The quantitative estimate of drug-likeness (QED) is 0.433. The minimum Gasteiger partial charge on any atom is -0.481 e. The number of benzene rings is 1. The number of rotatable bonds is 7. The van der Waals surface area contributed by atoms with Crippen molar-refractivity contribution in [3.05, 3.63) is 23.8 Å². The first-order chi connectivity index (χ1) is 12.3. The molecule has 144 valence electrons. The molecule has 2 rings (SSSR count). The molecule has 0 aliphatic carbocycles. The van der Waals surface area contributed by atoms with Crippen LogP contribution >= 0.6 is 0 Å². The van der Waals surface area contributed by atoms with E-state index >= 15 is 0 Å². The van der Waals surface area contributed by atoms with Gasteiger partial charge in [-0.1, -0.05) is 0 Å². The Bertz CT molecular complexity index is 644. The zero-order valence-electron chi connectivity index (χ0n) is 15.2. The molecule has 0 fully saturated rings. The number of ether oxygens (including phenoxy) is 4. The molecule has 0 saturated carbocycles. The Labute approximate surface area is 151 Å². The number of carboxylic acids is 1. The number of amides is 1. The summed E-state index contributed by atoms with van der Waals surface area (Å²) in [6.07, 6.45) is -0.644. The van der Waals surface area contributed by atoms with Crippen LogP contribution in [0.2, 0.25) is 0 Å². The predicted octanol–water partition coefficient (Wildman–Crippen LogP) is 1.16. The monoisotopic (exact) mass is 369 g/mol. The molecule has 0 aromatic heterocycles. The van der Waals surface area contributed by atoms with Crippen molar-refractivity contribution in [3.8, 4) is 11.5 Å². The smallest absolute Gasteiger partial charge is 0.312 e. The van der Waals surface area contributed by atoms with E-state index in [0.717, 1.165) is 4.90 Å². The highest BCUT2D eigenvalue weighted by Crippen LogP contribution is 2.32. The van der Waals surface area contributed by atoms with Gasteiger partial charge in [-0.15, -0.1) is 0 Å². The fourth-order valence-corrected chi connectivity index (χ4v) is 2.05. The van der Waals surface area contributed by atoms with Gasteiger partial charge in [-0.05, 0) is 25.1 Å². The number of nitrogens with zero attached hydrogens (tertiary/aromatic N) is 1. The van der Waals surface area contributed by atoms with Crippen molar-refractivity contribution in [1.82, 2.24) is 4.90 Å². The number of hydrogen-bond donors (Lipinski definition) is 1. The molecule has 0 radical (unpaired) electrons. The Morgan fingerprint density at radius 1 is 1.19 bits per heavy atom. The average molecular weight is 369 g/mol. The summed E-state index contributed by atoms with van der Waals surface area (Å²) in [6, 6.07) is 4.00. The second kappa shape index (κ2) is 10.4. The largest absolute Gasteiger partial charge is 0.481 e. The van der Waals surface area contributed by atoms with Gasteiger partial charge in [-0.25, -0.2) is 0 Å². The molecule has 0 bridgehead atoms. The highest BCUT2D eigenvalue weighted by atomic mass is 16.7. The molecule has 0 spiro atoms. The molecule has 1 unspecified atom stereocenters. The first-order valence-corrected chi connectivity index (χ1v) is 7.71. The molecule has 26 heavy (non-hydrogen) atoms. The summed E-state index contributed by atoms with van der Waals surface area (Å²) < 4.78 is 19.3. The second-order valence-electron chi connectivity index (χ2n) is 5.38. The van der Waals surface area contributed by atoms with Crippen LogP contribution in [-0.2, 0) is 19.1 Å². The van der Waals surface area contributed by atoms with Crippen molar-refractivity contribution in [1.29, 1.82) is 0 Å². The molecular weight excluding hydrogens is 346 g/mol. The number of carbonyl (C=O) groups excluding carboxylic acids is 2. The van der Waals surface area contributed by atoms with E-state index in [-0.39, 0.29) is 12.6 Å². The van der Waals surface area contributed by atoms with Gasteiger partial charge in [0.1, 0.15) is 13.2 Å². The van der Waals surface area contributed by atoms with Crippen LogP contribution < -0.4 is 9.47 Å². The average Bonchev–Trinajstić information content (AvgIpc) is 3.08. The van der Waals surface area contributed by atoms with E-state index in [4.69, 9.17) is 14.6 Å². The van der Waals surface area contributed by atoms with Crippen LogP contribution in [0.4, 0.5) is 0 Å². The van der Waals surface area contributed by atoms with Crippen LogP contribution in [0.15, 0.2) is 18.2 Å². The minimum absolute atomic E-state index is 0.111. The number of ketones is 1. The Morgan fingerprint density at radius 2 is 1.81 bits per heavy atom. The van der Waals surface area contributed by atoms with Crippen LogP contribution in [0.25, 0.3) is 0 Å². The van der Waals surface area contributed by atoms with Crippen molar-refractivity contribution in [2.75, 3.05) is 34.9 Å². The lowest BCUT2D eigenvalue weighted by Gasteiger charge is -2.23. The van der Waals surface area contributed by atoms with Gasteiger partial charge < -0.3 is 29.0 Å². The number of aliphatic carboxylic acids is 1. The molecule has 1 heterocycles. The molecule has 1 amide bonds. The van der Waals surface area contributed by atoms with E-state index in [1.54, 1.807) is 39.3 Å². The van der Waals surface area contributed by atoms with E-state index in [2.05, 4.69) is 9.47 Å². The second-order valence-corrected chi connectivity index (χ2v) is 5.38. The standard InChI is InChI=1S/C14H15NO6.C3H8O2/c1-8(15(2)12(16)6-13(17)18)14(19)9-3-4-10-11(5-9)21-7-20-10;1-4-3-5-2/h3-5,8H,6-7H2,1-2H3,(H,17,18);3H2,1-2H3. The predicted molar refractivity (Wildman–Crippen MR) is 90.3 cm³/mol. The summed E-state index contributed by atoms with van der Waals surface area (Å²) >= 11 is 0. The molecule has 1 aromatic rings. The van der Waals surface area contributed by atoms with Crippen molar-refractivity contribution >= 4 is 17.7 Å². The molecule has 1 aliphatic rings. The number of carboxylic acid groups (broad SMARTS) is 1. The molecule has 1 aromatic carbocycles. The van der Waals surface area contributed by atoms with Gasteiger partial charge in [0, 0.05) is 26.8 Å². The molecule has 1 atom stereocenters. The third-order valence-corrected chi connectivity index (χ3v) is 3.55. The molecule has 1 N–H and O–H groups in total. The van der Waals surface area contributed by atoms with E-state index in [1.165, 1.54) is 7.05 Å². The third-order valence-electron chi connectivity index (χ3n) is 3.55. The molecule has 1 aliphatic heterocycles. The van der Waals surface area contributed by atoms with Crippen LogP contribution in [-0.4, -0.2) is 68.6 Å². The van der Waals surface area contributed by atoms with E-state index in [9.17, 15) is 14.4 Å². The van der Waals surface area contributed by atoms with Crippen molar-refractivity contribution < 1.29 is 38.4 Å². The molecule has 9 nitrogen and oxygen atoms in total. The van der Waals surface area contributed by atoms with Gasteiger partial charge in [0.2, 0.25) is 12.7 Å². The summed E-state index contributed by atoms with van der Waals surface area (Å²) in [7, 11) is 4.58. The molecule has 0 saturated heterocycles. The lowest BCUT2D eigenvalue weighted by molar-refractivity contribution is -0.144. The zero-order valence-corrected chi connectivity index (χ0v) is 15.2. The number of carbonyl (C=O) groups is 3. The van der Waals surface area contributed by atoms with Gasteiger partial charge in [0.05, 0.1) is 6.04 Å². The Balaban J connectivity index is 0.000000597. The summed E-state index contributed by atoms with van der Waals surface area (Å²) in [6.45, 7) is 2.05. The first-order valence-electron chi connectivity index (χ1n) is 7.71. The number of Topliss-reactive ketones (excluding diaryl/α,β-unsaturated/α-hetero) is 1. The van der Waals surface area contributed by atoms with Gasteiger partial charge in [-0.3, -0.25) is 14.4 Å². The fourth-order valence-electron chi connectivity index (χ4n) is 2.05. The SMILES string of the molecule is CC(C(=O)c1ccc2c(c1)OCO2)N(C)C(=O)CC(=O)O.COCOC. The van der Waals surface area contributed by atoms with Crippen LogP contribution in [0.1, 0.15) is 23.7 Å². The minimum atomic E-state index is -1.23. The van der Waals surface area contributed by atoms with Crippen LogP contribution in [0.3, 0.4) is 0 Å². The summed E-state index contributed by atoms with van der Waals surface area (Å²) in [4.78, 5) is 35.7. The lowest BCUT2D eigenvalue weighted by atomic mass is 10.0. The number of likely N-dealkylation sites (N-methyl/N-ethyl adjacent to an activating group) is 1. The van der Waals surface area contributed by atoms with E-state index < -0.39 is 24.3 Å². The van der Waals surface area contributed by atoms with E-state index in [1.807, 2.05) is 0 Å². The summed E-state index contributed by atoms with van der Waals surface area (Å²) in [5, 5.41) is 8.61. The fraction of sp³-hybridized carbons (Fsp3) is 0.471. The maximum Gasteiger partial charge on any atom is 0.312 e. The van der Waals surface area contributed by atoms with Crippen LogP contribution in [0, 0.1) is 0 Å². The van der Waals surface area contributed by atoms with Gasteiger partial charge >= 0.3 is 5.97 Å². The highest BCUT2D eigenvalue weighted by molar-refractivity contribution is 6.03. The Morgan fingerprint density at radius 3 is 2.35 bits per heavy atom. The zero-order chi connectivity index (χ0) is 19.7. The topological polar surface area (TPSA) is 112 Å². The number of hydrogen-bond acceptors (Lipinski definition) is 7.